The molecular weight excluding hydrogens is 204 g/mol. The summed E-state index contributed by atoms with van der Waals surface area (Å²) in [5, 5.41) is 0. The molecule has 2 rings (SSSR count). The summed E-state index contributed by atoms with van der Waals surface area (Å²) in [5.74, 6) is 0.829. The zero-order valence-electron chi connectivity index (χ0n) is 8.74. The molecule has 0 bridgehead atoms. The Hall–Kier alpha value is -2.10. The lowest BCUT2D eigenvalue weighted by Crippen LogP contribution is -2.09. The van der Waals surface area contributed by atoms with Crippen LogP contribution in [0.3, 0.4) is 0 Å². The number of aldehydes is 1. The normalized spacial score (nSPS) is 10.0. The van der Waals surface area contributed by atoms with E-state index >= 15 is 0 Å². The van der Waals surface area contributed by atoms with E-state index in [1.807, 2.05) is 30.3 Å². The summed E-state index contributed by atoms with van der Waals surface area (Å²) in [6.07, 6.45) is 3.95. The Balaban J connectivity index is 1.87. The predicted octanol–water partition coefficient (Wildman–Crippen LogP) is 1.77. The van der Waals surface area contributed by atoms with Gasteiger partial charge in [-0.15, -0.1) is 0 Å². The van der Waals surface area contributed by atoms with Crippen molar-refractivity contribution in [2.45, 2.75) is 6.54 Å². The molecule has 0 aliphatic rings. The molecule has 0 radical (unpaired) electrons. The molecule has 82 valence electrons. The predicted molar refractivity (Wildman–Crippen MR) is 59.6 cm³/mol. The van der Waals surface area contributed by atoms with Gasteiger partial charge in [-0.2, -0.15) is 0 Å². The zero-order chi connectivity index (χ0) is 11.2. The molecule has 0 unspecified atom stereocenters. The van der Waals surface area contributed by atoms with Crippen LogP contribution < -0.4 is 4.74 Å². The lowest BCUT2D eigenvalue weighted by atomic mass is 10.3. The molecule has 0 fully saturated rings. The van der Waals surface area contributed by atoms with E-state index in [0.29, 0.717) is 18.8 Å². The van der Waals surface area contributed by atoms with Gasteiger partial charge in [-0.1, -0.05) is 18.2 Å². The van der Waals surface area contributed by atoms with Crippen LogP contribution in [0, 0.1) is 0 Å². The first kappa shape index (κ1) is 10.4. The topological polar surface area (TPSA) is 44.1 Å². The molecular formula is C12H12N2O2. The maximum absolute atomic E-state index is 10.6. The van der Waals surface area contributed by atoms with Crippen LogP contribution in [-0.2, 0) is 6.54 Å². The van der Waals surface area contributed by atoms with Crippen molar-refractivity contribution in [2.75, 3.05) is 6.61 Å². The molecule has 0 N–H and O–H groups in total. The maximum atomic E-state index is 10.6. The Morgan fingerprint density at radius 2 is 2.12 bits per heavy atom. The third kappa shape index (κ3) is 2.48. The number of hydrogen-bond acceptors (Lipinski definition) is 3. The number of imidazole rings is 1. The molecule has 0 spiro atoms. The minimum atomic E-state index is 0.515. The second-order valence-electron chi connectivity index (χ2n) is 3.29. The molecule has 0 amide bonds. The number of rotatable bonds is 5. The van der Waals surface area contributed by atoms with Gasteiger partial charge < -0.3 is 9.30 Å². The number of nitrogens with zero attached hydrogens (tertiary/aromatic N) is 2. The van der Waals surface area contributed by atoms with E-state index in [1.54, 1.807) is 10.9 Å². The SMILES string of the molecule is O=Cc1cncn1CCOc1ccccc1. The van der Waals surface area contributed by atoms with E-state index in [2.05, 4.69) is 4.98 Å². The van der Waals surface area contributed by atoms with E-state index in [0.717, 1.165) is 12.0 Å². The van der Waals surface area contributed by atoms with Crippen molar-refractivity contribution in [2.24, 2.45) is 0 Å². The Labute approximate surface area is 93.5 Å². The zero-order valence-corrected chi connectivity index (χ0v) is 8.74. The molecule has 1 aromatic heterocycles. The molecule has 16 heavy (non-hydrogen) atoms. The van der Waals surface area contributed by atoms with Crippen molar-refractivity contribution in [3.8, 4) is 5.75 Å². The molecule has 1 aromatic carbocycles. The van der Waals surface area contributed by atoms with Crippen LogP contribution >= 0.6 is 0 Å². The maximum Gasteiger partial charge on any atom is 0.168 e. The Morgan fingerprint density at radius 1 is 1.31 bits per heavy atom. The lowest BCUT2D eigenvalue weighted by molar-refractivity contribution is 0.111. The van der Waals surface area contributed by atoms with Crippen molar-refractivity contribution in [1.29, 1.82) is 0 Å². The summed E-state index contributed by atoms with van der Waals surface area (Å²) in [7, 11) is 0. The van der Waals surface area contributed by atoms with E-state index in [4.69, 9.17) is 4.74 Å². The van der Waals surface area contributed by atoms with Crippen molar-refractivity contribution in [3.05, 3.63) is 48.5 Å². The van der Waals surface area contributed by atoms with Crippen LogP contribution in [0.5, 0.6) is 5.75 Å². The largest absolute Gasteiger partial charge is 0.492 e. The van der Waals surface area contributed by atoms with Gasteiger partial charge in [0.05, 0.1) is 19.1 Å². The summed E-state index contributed by atoms with van der Waals surface area (Å²) >= 11 is 0. The van der Waals surface area contributed by atoms with Crippen LogP contribution in [0.2, 0.25) is 0 Å². The van der Waals surface area contributed by atoms with Crippen molar-refractivity contribution < 1.29 is 9.53 Å². The smallest absolute Gasteiger partial charge is 0.168 e. The Morgan fingerprint density at radius 3 is 2.88 bits per heavy atom. The van der Waals surface area contributed by atoms with Crippen molar-refractivity contribution in [1.82, 2.24) is 9.55 Å². The molecule has 1 heterocycles. The van der Waals surface area contributed by atoms with E-state index in [-0.39, 0.29) is 0 Å². The van der Waals surface area contributed by atoms with Gasteiger partial charge in [-0.25, -0.2) is 4.98 Å². The van der Waals surface area contributed by atoms with Gasteiger partial charge in [-0.3, -0.25) is 4.79 Å². The number of ether oxygens (including phenoxy) is 1. The second-order valence-corrected chi connectivity index (χ2v) is 3.29. The molecule has 2 aromatic rings. The summed E-state index contributed by atoms with van der Waals surface area (Å²) in [4.78, 5) is 14.5. The molecule has 0 aliphatic carbocycles. The standard InChI is InChI=1S/C12H12N2O2/c15-9-11-8-13-10-14(11)6-7-16-12-4-2-1-3-5-12/h1-5,8-10H,6-7H2. The minimum absolute atomic E-state index is 0.515. The highest BCUT2D eigenvalue weighted by molar-refractivity contribution is 5.71. The average Bonchev–Trinajstić information content (AvgIpc) is 2.78. The average molecular weight is 216 g/mol. The number of aromatic nitrogens is 2. The highest BCUT2D eigenvalue weighted by Gasteiger charge is 1.99. The van der Waals surface area contributed by atoms with Gasteiger partial charge in [0.1, 0.15) is 18.1 Å². The van der Waals surface area contributed by atoms with Gasteiger partial charge in [0, 0.05) is 0 Å². The molecule has 0 saturated carbocycles. The van der Waals surface area contributed by atoms with E-state index in [9.17, 15) is 4.79 Å². The van der Waals surface area contributed by atoms with Gasteiger partial charge in [0.15, 0.2) is 6.29 Å². The lowest BCUT2D eigenvalue weighted by Gasteiger charge is -2.07. The highest BCUT2D eigenvalue weighted by atomic mass is 16.5. The van der Waals surface area contributed by atoms with Crippen molar-refractivity contribution >= 4 is 6.29 Å². The molecule has 0 aliphatic heterocycles. The fraction of sp³-hybridized carbons (Fsp3) is 0.167. The highest BCUT2D eigenvalue weighted by Crippen LogP contribution is 2.08. The number of benzene rings is 1. The summed E-state index contributed by atoms with van der Waals surface area (Å²) in [6, 6.07) is 9.57. The van der Waals surface area contributed by atoms with E-state index in [1.165, 1.54) is 6.20 Å². The number of para-hydroxylation sites is 1. The Kier molecular flexibility index (Phi) is 3.33. The number of carbonyl (C=O) groups excluding carboxylic acids is 1. The summed E-state index contributed by atoms with van der Waals surface area (Å²) < 4.78 is 7.27. The molecule has 4 nitrogen and oxygen atoms in total. The molecule has 0 atom stereocenters. The molecule has 4 heteroatoms. The third-order valence-electron chi connectivity index (χ3n) is 2.21. The van der Waals surface area contributed by atoms with Crippen molar-refractivity contribution in [3.63, 3.8) is 0 Å². The van der Waals surface area contributed by atoms with Crippen LogP contribution in [-0.4, -0.2) is 22.4 Å². The van der Waals surface area contributed by atoms with Gasteiger partial charge in [-0.05, 0) is 12.1 Å². The quantitative estimate of drug-likeness (QED) is 0.715. The van der Waals surface area contributed by atoms with Gasteiger partial charge in [0.25, 0.3) is 0 Å². The fourth-order valence-electron chi connectivity index (χ4n) is 1.39. The van der Waals surface area contributed by atoms with Crippen LogP contribution in [0.15, 0.2) is 42.9 Å². The van der Waals surface area contributed by atoms with Crippen LogP contribution in [0.25, 0.3) is 0 Å². The van der Waals surface area contributed by atoms with Gasteiger partial charge >= 0.3 is 0 Å². The Bertz CT molecular complexity index is 451. The first-order valence-corrected chi connectivity index (χ1v) is 5.03. The number of hydrogen-bond donors (Lipinski definition) is 0. The number of carbonyl (C=O) groups is 1. The van der Waals surface area contributed by atoms with Crippen LogP contribution in [0.4, 0.5) is 0 Å². The monoisotopic (exact) mass is 216 g/mol. The first-order chi connectivity index (χ1) is 7.90. The van der Waals surface area contributed by atoms with E-state index < -0.39 is 0 Å². The fourth-order valence-corrected chi connectivity index (χ4v) is 1.39. The molecule has 0 saturated heterocycles. The first-order valence-electron chi connectivity index (χ1n) is 5.03. The second kappa shape index (κ2) is 5.11. The summed E-state index contributed by atoms with van der Waals surface area (Å²) in [6.45, 7) is 1.13. The third-order valence-corrected chi connectivity index (χ3v) is 2.21. The summed E-state index contributed by atoms with van der Waals surface area (Å²) in [5.41, 5.74) is 0.566. The van der Waals surface area contributed by atoms with Gasteiger partial charge in [0.2, 0.25) is 0 Å². The van der Waals surface area contributed by atoms with Crippen LogP contribution in [0.1, 0.15) is 10.5 Å². The minimum Gasteiger partial charge on any atom is -0.492 e.